The van der Waals surface area contributed by atoms with Gasteiger partial charge in [0.25, 0.3) is 0 Å². The highest BCUT2D eigenvalue weighted by molar-refractivity contribution is 6.03. The minimum absolute atomic E-state index is 0.0955. The van der Waals surface area contributed by atoms with Crippen LogP contribution < -0.4 is 14.4 Å². The van der Waals surface area contributed by atoms with E-state index in [0.29, 0.717) is 27.9 Å². The summed E-state index contributed by atoms with van der Waals surface area (Å²) in [5.41, 5.74) is 1.80. The van der Waals surface area contributed by atoms with Gasteiger partial charge in [0, 0.05) is 30.1 Å². The number of hydrogen-bond acceptors (Lipinski definition) is 7. The van der Waals surface area contributed by atoms with Gasteiger partial charge in [0.1, 0.15) is 12.0 Å². The molecule has 1 aliphatic heterocycles. The SMILES string of the molecule is COc1cc(OC)c(F)c(N2Cc3cnc4[nH]ncc4c3C(Cc3ccon3)C2=O)c1F. The van der Waals surface area contributed by atoms with Crippen LogP contribution in [0.1, 0.15) is 22.7 Å². The maximum absolute atomic E-state index is 15.2. The summed E-state index contributed by atoms with van der Waals surface area (Å²) >= 11 is 0. The molecule has 0 saturated heterocycles. The molecule has 1 unspecified atom stereocenters. The molecule has 11 heteroatoms. The van der Waals surface area contributed by atoms with E-state index in [4.69, 9.17) is 14.0 Å². The molecule has 0 fully saturated rings. The first kappa shape index (κ1) is 19.9. The predicted molar refractivity (Wildman–Crippen MR) is 107 cm³/mol. The Bertz CT molecular complexity index is 1290. The summed E-state index contributed by atoms with van der Waals surface area (Å²) in [5, 5.41) is 11.4. The van der Waals surface area contributed by atoms with Crippen molar-refractivity contribution in [1.82, 2.24) is 20.3 Å². The second-order valence-corrected chi connectivity index (χ2v) is 7.26. The minimum atomic E-state index is -1.000. The molecule has 4 aromatic rings. The van der Waals surface area contributed by atoms with E-state index in [9.17, 15) is 4.79 Å². The molecule has 0 aliphatic carbocycles. The maximum Gasteiger partial charge on any atom is 0.235 e. The number of rotatable bonds is 5. The summed E-state index contributed by atoms with van der Waals surface area (Å²) in [6, 6.07) is 2.73. The van der Waals surface area contributed by atoms with Gasteiger partial charge in [-0.1, -0.05) is 5.16 Å². The number of carbonyl (C=O) groups is 1. The number of aromatic amines is 1. The third-order valence-corrected chi connectivity index (χ3v) is 5.57. The first-order valence-corrected chi connectivity index (χ1v) is 9.65. The van der Waals surface area contributed by atoms with Gasteiger partial charge in [-0.2, -0.15) is 5.10 Å². The van der Waals surface area contributed by atoms with Crippen LogP contribution in [-0.4, -0.2) is 40.5 Å². The number of methoxy groups -OCH3 is 2. The zero-order valence-electron chi connectivity index (χ0n) is 17.1. The molecular formula is C21H17F2N5O4. The van der Waals surface area contributed by atoms with Gasteiger partial charge in [0.15, 0.2) is 28.8 Å². The van der Waals surface area contributed by atoms with E-state index in [2.05, 4.69) is 20.3 Å². The fourth-order valence-corrected chi connectivity index (χ4v) is 4.10. The van der Waals surface area contributed by atoms with Crippen molar-refractivity contribution in [2.75, 3.05) is 19.1 Å². The molecule has 1 N–H and O–H groups in total. The number of halogens is 2. The lowest BCUT2D eigenvalue weighted by molar-refractivity contribution is -0.120. The largest absolute Gasteiger partial charge is 0.493 e. The quantitative estimate of drug-likeness (QED) is 0.507. The maximum atomic E-state index is 15.2. The number of pyridine rings is 1. The van der Waals surface area contributed by atoms with E-state index >= 15 is 8.78 Å². The summed E-state index contributed by atoms with van der Waals surface area (Å²) in [7, 11) is 2.50. The van der Waals surface area contributed by atoms with Crippen molar-refractivity contribution in [3.8, 4) is 11.5 Å². The van der Waals surface area contributed by atoms with Crippen molar-refractivity contribution in [3.05, 3.63) is 59.2 Å². The lowest BCUT2D eigenvalue weighted by Gasteiger charge is -2.34. The van der Waals surface area contributed by atoms with Crippen molar-refractivity contribution in [3.63, 3.8) is 0 Å². The van der Waals surface area contributed by atoms with Gasteiger partial charge in [-0.15, -0.1) is 0 Å². The Hall–Kier alpha value is -4.02. The van der Waals surface area contributed by atoms with Crippen molar-refractivity contribution >= 4 is 22.6 Å². The summed E-state index contributed by atoms with van der Waals surface area (Å²) < 4.78 is 45.4. The van der Waals surface area contributed by atoms with Gasteiger partial charge in [0.2, 0.25) is 5.91 Å². The molecule has 1 aliphatic rings. The minimum Gasteiger partial charge on any atom is -0.493 e. The molecular weight excluding hydrogens is 424 g/mol. The molecule has 164 valence electrons. The first-order valence-electron chi connectivity index (χ1n) is 9.65. The monoisotopic (exact) mass is 441 g/mol. The Morgan fingerprint density at radius 2 is 1.97 bits per heavy atom. The Balaban J connectivity index is 1.71. The van der Waals surface area contributed by atoms with Crippen LogP contribution in [0, 0.1) is 11.6 Å². The Kier molecular flexibility index (Phi) is 4.72. The molecule has 4 heterocycles. The van der Waals surface area contributed by atoms with Gasteiger partial charge in [0.05, 0.1) is 38.6 Å². The lowest BCUT2D eigenvalue weighted by atomic mass is 9.84. The van der Waals surface area contributed by atoms with E-state index in [1.165, 1.54) is 20.5 Å². The number of carbonyl (C=O) groups excluding carboxylic acids is 1. The van der Waals surface area contributed by atoms with E-state index in [-0.39, 0.29) is 24.5 Å². The molecule has 1 amide bonds. The van der Waals surface area contributed by atoms with Crippen molar-refractivity contribution in [2.45, 2.75) is 18.9 Å². The zero-order valence-corrected chi connectivity index (χ0v) is 17.1. The van der Waals surface area contributed by atoms with Crippen LogP contribution in [-0.2, 0) is 17.8 Å². The topological polar surface area (TPSA) is 106 Å². The molecule has 1 aromatic carbocycles. The summed E-state index contributed by atoms with van der Waals surface area (Å²) in [4.78, 5) is 19.1. The van der Waals surface area contributed by atoms with Crippen LogP contribution in [0.5, 0.6) is 11.5 Å². The normalized spacial score (nSPS) is 15.8. The number of ether oxygens (including phenoxy) is 2. The molecule has 1 atom stereocenters. The van der Waals surface area contributed by atoms with E-state index in [0.717, 1.165) is 11.0 Å². The smallest absolute Gasteiger partial charge is 0.235 e. The predicted octanol–water partition coefficient (Wildman–Crippen LogP) is 3.11. The van der Waals surface area contributed by atoms with E-state index < -0.39 is 29.1 Å². The highest BCUT2D eigenvalue weighted by atomic mass is 19.1. The second kappa shape index (κ2) is 7.59. The first-order chi connectivity index (χ1) is 15.5. The molecule has 5 rings (SSSR count). The number of hydrogen-bond donors (Lipinski definition) is 1. The number of nitrogens with one attached hydrogen (secondary N) is 1. The highest BCUT2D eigenvalue weighted by Gasteiger charge is 2.39. The number of H-pyrrole nitrogens is 1. The average molecular weight is 441 g/mol. The number of fused-ring (bicyclic) bond motifs is 3. The Labute approximate surface area is 179 Å². The zero-order chi connectivity index (χ0) is 22.4. The number of benzene rings is 1. The van der Waals surface area contributed by atoms with Crippen LogP contribution in [0.4, 0.5) is 14.5 Å². The van der Waals surface area contributed by atoms with Crippen LogP contribution >= 0.6 is 0 Å². The molecule has 0 saturated carbocycles. The summed E-state index contributed by atoms with van der Waals surface area (Å²) in [6.45, 7) is -0.0955. The van der Waals surface area contributed by atoms with Crippen LogP contribution in [0.15, 0.2) is 35.3 Å². The van der Waals surface area contributed by atoms with Gasteiger partial charge in [-0.25, -0.2) is 13.8 Å². The molecule has 0 bridgehead atoms. The van der Waals surface area contributed by atoms with Crippen LogP contribution in [0.2, 0.25) is 0 Å². The van der Waals surface area contributed by atoms with Crippen molar-refractivity contribution in [1.29, 1.82) is 0 Å². The Morgan fingerprint density at radius 1 is 1.22 bits per heavy atom. The molecule has 32 heavy (non-hydrogen) atoms. The van der Waals surface area contributed by atoms with Crippen molar-refractivity contribution < 1.29 is 27.6 Å². The second-order valence-electron chi connectivity index (χ2n) is 7.26. The van der Waals surface area contributed by atoms with Crippen LogP contribution in [0.25, 0.3) is 11.0 Å². The third kappa shape index (κ3) is 2.96. The molecule has 3 aromatic heterocycles. The Morgan fingerprint density at radius 3 is 2.62 bits per heavy atom. The third-order valence-electron chi connectivity index (χ3n) is 5.57. The highest BCUT2D eigenvalue weighted by Crippen LogP contribution is 2.43. The average Bonchev–Trinajstić information content (AvgIpc) is 3.48. The number of anilines is 1. The fraction of sp³-hybridized carbons (Fsp3) is 0.238. The summed E-state index contributed by atoms with van der Waals surface area (Å²) in [5.74, 6) is -3.80. The van der Waals surface area contributed by atoms with E-state index in [1.807, 2.05) is 0 Å². The van der Waals surface area contributed by atoms with Gasteiger partial charge < -0.3 is 18.9 Å². The van der Waals surface area contributed by atoms with Gasteiger partial charge in [-0.05, 0) is 11.1 Å². The molecule has 0 spiro atoms. The fourth-order valence-electron chi connectivity index (χ4n) is 4.10. The summed E-state index contributed by atoms with van der Waals surface area (Å²) in [6.07, 6.45) is 4.70. The standard InChI is InChI=1S/C21H17F2N5O4/c1-30-14-6-15(31-2)18(23)19(17(14)22)28-9-10-7-24-20-13(8-25-26-20)16(10)12(21(28)29)5-11-3-4-32-27-11/h3-4,6-8,12H,5,9H2,1-2H3,(H,24,25,26). The van der Waals surface area contributed by atoms with Gasteiger partial charge >= 0.3 is 0 Å². The van der Waals surface area contributed by atoms with E-state index in [1.54, 1.807) is 18.5 Å². The molecule has 9 nitrogen and oxygen atoms in total. The van der Waals surface area contributed by atoms with Gasteiger partial charge in [-0.3, -0.25) is 9.89 Å². The molecule has 0 radical (unpaired) electrons. The number of aromatic nitrogens is 4. The number of amides is 1. The van der Waals surface area contributed by atoms with Crippen LogP contribution in [0.3, 0.4) is 0 Å². The lowest BCUT2D eigenvalue weighted by Crippen LogP contribution is -2.41. The number of nitrogens with zero attached hydrogens (tertiary/aromatic N) is 4. The van der Waals surface area contributed by atoms with Crippen molar-refractivity contribution in [2.24, 2.45) is 0 Å².